The molecule has 1 N–H and O–H groups in total. The fourth-order valence-corrected chi connectivity index (χ4v) is 3.20. The maximum Gasteiger partial charge on any atom is 0.141 e. The quantitative estimate of drug-likeness (QED) is 0.866. The molecule has 0 aliphatic heterocycles. The lowest BCUT2D eigenvalue weighted by molar-refractivity contribution is -0.0162. The Labute approximate surface area is 113 Å². The zero-order valence-corrected chi connectivity index (χ0v) is 11.5. The van der Waals surface area contributed by atoms with Gasteiger partial charge in [0.2, 0.25) is 0 Å². The first-order chi connectivity index (χ1) is 8.52. The van der Waals surface area contributed by atoms with Gasteiger partial charge in [0.15, 0.2) is 0 Å². The maximum atomic E-state index is 13.1. The first kappa shape index (κ1) is 13.8. The molecular formula is C15H20ClFO. The average Bonchev–Trinajstić information content (AvgIpc) is 2.33. The van der Waals surface area contributed by atoms with E-state index in [4.69, 9.17) is 11.6 Å². The third kappa shape index (κ3) is 3.24. The van der Waals surface area contributed by atoms with Crippen LogP contribution in [0.15, 0.2) is 18.2 Å². The monoisotopic (exact) mass is 270 g/mol. The Morgan fingerprint density at radius 2 is 2.28 bits per heavy atom. The fourth-order valence-electron chi connectivity index (χ4n) is 3.00. The summed E-state index contributed by atoms with van der Waals surface area (Å²) in [5.74, 6) is 0.210. The zero-order valence-electron chi connectivity index (χ0n) is 10.8. The largest absolute Gasteiger partial charge is 0.390 e. The third-order valence-electron chi connectivity index (χ3n) is 4.02. The van der Waals surface area contributed by atoms with Crippen LogP contribution >= 0.6 is 11.6 Å². The van der Waals surface area contributed by atoms with Crippen LogP contribution in [0.2, 0.25) is 5.02 Å². The zero-order chi connectivity index (χ0) is 13.2. The number of halogens is 2. The van der Waals surface area contributed by atoms with Crippen LogP contribution in [0, 0.1) is 11.7 Å². The van der Waals surface area contributed by atoms with Crippen LogP contribution in [0.25, 0.3) is 0 Å². The van der Waals surface area contributed by atoms with Crippen LogP contribution in [0.1, 0.15) is 44.6 Å². The molecule has 0 amide bonds. The Kier molecular flexibility index (Phi) is 4.29. The number of benzene rings is 1. The minimum absolute atomic E-state index is 0.138. The summed E-state index contributed by atoms with van der Waals surface area (Å²) in [5.41, 5.74) is 0.278. The highest BCUT2D eigenvalue weighted by Crippen LogP contribution is 2.36. The Bertz CT molecular complexity index is 421. The smallest absolute Gasteiger partial charge is 0.141 e. The highest BCUT2D eigenvalue weighted by Gasteiger charge is 2.33. The Morgan fingerprint density at radius 3 is 2.94 bits per heavy atom. The standard InChI is InChI=1S/C15H20ClFO/c1-2-11-4-3-7-15(18,9-11)10-12-5-6-14(17)13(16)8-12/h5-6,8,11,18H,2-4,7,9-10H2,1H3. The second-order valence-corrected chi connectivity index (χ2v) is 5.93. The van der Waals surface area contributed by atoms with Gasteiger partial charge in [-0.05, 0) is 36.5 Å². The van der Waals surface area contributed by atoms with E-state index in [2.05, 4.69) is 6.92 Å². The summed E-state index contributed by atoms with van der Waals surface area (Å²) in [7, 11) is 0. The van der Waals surface area contributed by atoms with Gasteiger partial charge in [-0.15, -0.1) is 0 Å². The van der Waals surface area contributed by atoms with Crippen molar-refractivity contribution < 1.29 is 9.50 Å². The SMILES string of the molecule is CCC1CCCC(O)(Cc2ccc(F)c(Cl)c2)C1. The van der Waals surface area contributed by atoms with Gasteiger partial charge in [-0.1, -0.05) is 43.9 Å². The molecule has 100 valence electrons. The van der Waals surface area contributed by atoms with Crippen molar-refractivity contribution >= 4 is 11.6 Å². The van der Waals surface area contributed by atoms with Gasteiger partial charge in [0.25, 0.3) is 0 Å². The predicted octanol–water partition coefficient (Wildman–Crippen LogP) is 4.35. The van der Waals surface area contributed by atoms with Crippen molar-refractivity contribution in [2.75, 3.05) is 0 Å². The molecule has 3 heteroatoms. The second kappa shape index (κ2) is 5.58. The third-order valence-corrected chi connectivity index (χ3v) is 4.31. The van der Waals surface area contributed by atoms with E-state index in [-0.39, 0.29) is 5.02 Å². The summed E-state index contributed by atoms with van der Waals surface area (Å²) >= 11 is 5.78. The van der Waals surface area contributed by atoms with Crippen LogP contribution in [0.3, 0.4) is 0 Å². The van der Waals surface area contributed by atoms with E-state index in [1.165, 1.54) is 12.5 Å². The lowest BCUT2D eigenvalue weighted by atomic mass is 9.74. The molecule has 0 radical (unpaired) electrons. The van der Waals surface area contributed by atoms with Crippen LogP contribution in [-0.2, 0) is 6.42 Å². The molecule has 2 rings (SSSR count). The van der Waals surface area contributed by atoms with Gasteiger partial charge >= 0.3 is 0 Å². The van der Waals surface area contributed by atoms with Crippen molar-refractivity contribution in [3.8, 4) is 0 Å². The van der Waals surface area contributed by atoms with Gasteiger partial charge in [-0.25, -0.2) is 4.39 Å². The van der Waals surface area contributed by atoms with Crippen LogP contribution in [0.4, 0.5) is 4.39 Å². The summed E-state index contributed by atoms with van der Waals surface area (Å²) in [4.78, 5) is 0. The molecule has 0 saturated heterocycles. The molecule has 0 heterocycles. The van der Waals surface area contributed by atoms with E-state index in [0.29, 0.717) is 12.3 Å². The van der Waals surface area contributed by atoms with Gasteiger partial charge in [-0.3, -0.25) is 0 Å². The minimum Gasteiger partial charge on any atom is -0.390 e. The van der Waals surface area contributed by atoms with Gasteiger partial charge in [0.1, 0.15) is 5.82 Å². The van der Waals surface area contributed by atoms with Crippen molar-refractivity contribution in [1.29, 1.82) is 0 Å². The lowest BCUT2D eigenvalue weighted by Gasteiger charge is -2.36. The van der Waals surface area contributed by atoms with Crippen molar-refractivity contribution in [2.45, 2.75) is 51.0 Å². The highest BCUT2D eigenvalue weighted by atomic mass is 35.5. The lowest BCUT2D eigenvalue weighted by Crippen LogP contribution is -2.37. The van der Waals surface area contributed by atoms with Crippen LogP contribution in [-0.4, -0.2) is 10.7 Å². The number of hydrogen-bond acceptors (Lipinski definition) is 1. The van der Waals surface area contributed by atoms with Gasteiger partial charge < -0.3 is 5.11 Å². The molecule has 2 atom stereocenters. The Balaban J connectivity index is 2.09. The fraction of sp³-hybridized carbons (Fsp3) is 0.600. The molecule has 1 aliphatic carbocycles. The van der Waals surface area contributed by atoms with E-state index in [1.54, 1.807) is 12.1 Å². The summed E-state index contributed by atoms with van der Waals surface area (Å²) in [5, 5.41) is 10.8. The predicted molar refractivity (Wildman–Crippen MR) is 72.3 cm³/mol. The summed E-state index contributed by atoms with van der Waals surface area (Å²) in [6.45, 7) is 2.17. The van der Waals surface area contributed by atoms with Crippen LogP contribution < -0.4 is 0 Å². The summed E-state index contributed by atoms with van der Waals surface area (Å²) in [6.07, 6.45) is 5.65. The number of aliphatic hydroxyl groups is 1. The molecule has 1 aromatic carbocycles. The Morgan fingerprint density at radius 1 is 1.50 bits per heavy atom. The van der Waals surface area contributed by atoms with Gasteiger partial charge in [0.05, 0.1) is 10.6 Å². The molecular weight excluding hydrogens is 251 g/mol. The molecule has 18 heavy (non-hydrogen) atoms. The minimum atomic E-state index is -0.639. The van der Waals surface area contributed by atoms with E-state index in [9.17, 15) is 9.50 Å². The maximum absolute atomic E-state index is 13.1. The highest BCUT2D eigenvalue weighted by molar-refractivity contribution is 6.30. The van der Waals surface area contributed by atoms with Crippen molar-refractivity contribution in [3.05, 3.63) is 34.6 Å². The molecule has 1 saturated carbocycles. The molecule has 1 nitrogen and oxygen atoms in total. The molecule has 0 bridgehead atoms. The normalized spacial score (nSPS) is 28.3. The summed E-state index contributed by atoms with van der Waals surface area (Å²) < 4.78 is 13.1. The van der Waals surface area contributed by atoms with Gasteiger partial charge in [-0.2, -0.15) is 0 Å². The van der Waals surface area contributed by atoms with Crippen molar-refractivity contribution in [2.24, 2.45) is 5.92 Å². The summed E-state index contributed by atoms with van der Waals surface area (Å²) in [6, 6.07) is 4.72. The van der Waals surface area contributed by atoms with Crippen LogP contribution in [0.5, 0.6) is 0 Å². The first-order valence-corrected chi connectivity index (χ1v) is 7.06. The average molecular weight is 271 g/mol. The molecule has 1 fully saturated rings. The molecule has 1 aromatic rings. The van der Waals surface area contributed by atoms with E-state index in [1.807, 2.05) is 0 Å². The van der Waals surface area contributed by atoms with Crippen molar-refractivity contribution in [1.82, 2.24) is 0 Å². The van der Waals surface area contributed by atoms with E-state index in [0.717, 1.165) is 31.2 Å². The van der Waals surface area contributed by atoms with Crippen molar-refractivity contribution in [3.63, 3.8) is 0 Å². The van der Waals surface area contributed by atoms with E-state index < -0.39 is 11.4 Å². The van der Waals surface area contributed by atoms with E-state index >= 15 is 0 Å². The van der Waals surface area contributed by atoms with Gasteiger partial charge in [0, 0.05) is 6.42 Å². The first-order valence-electron chi connectivity index (χ1n) is 6.69. The number of hydrogen-bond donors (Lipinski definition) is 1. The molecule has 2 unspecified atom stereocenters. The molecule has 0 aromatic heterocycles. The second-order valence-electron chi connectivity index (χ2n) is 5.52. The molecule has 0 spiro atoms. The topological polar surface area (TPSA) is 20.2 Å². The Hall–Kier alpha value is -0.600. The molecule has 1 aliphatic rings. The number of rotatable bonds is 3.